The van der Waals surface area contributed by atoms with Crippen molar-refractivity contribution < 1.29 is 9.47 Å². The normalized spacial score (nSPS) is 21.6. The molecule has 2 saturated heterocycles. The SMILES string of the molecule is CC.CC.CC(C)C1(C)CCCOC1.CC(C)C1(C)CCOCC1.CCC.CCC. The van der Waals surface area contributed by atoms with Gasteiger partial charge in [-0.15, -0.1) is 0 Å². The van der Waals surface area contributed by atoms with Crippen molar-refractivity contribution in [3.8, 4) is 0 Å². The Morgan fingerprint density at radius 1 is 0.600 bits per heavy atom. The minimum atomic E-state index is 0.457. The van der Waals surface area contributed by atoms with Crippen LogP contribution >= 0.6 is 0 Å². The molecule has 30 heavy (non-hydrogen) atoms. The van der Waals surface area contributed by atoms with Gasteiger partial charge in [-0.1, -0.05) is 110 Å². The van der Waals surface area contributed by atoms with Crippen LogP contribution in [0.5, 0.6) is 0 Å². The first kappa shape index (κ1) is 37.2. The molecule has 188 valence electrons. The molecule has 0 N–H and O–H groups in total. The van der Waals surface area contributed by atoms with E-state index in [1.54, 1.807) is 0 Å². The third-order valence-electron chi connectivity index (χ3n) is 5.89. The van der Waals surface area contributed by atoms with Gasteiger partial charge in [0.2, 0.25) is 0 Å². The molecular formula is C28H64O2. The summed E-state index contributed by atoms with van der Waals surface area (Å²) in [5, 5.41) is 0. The predicted octanol–water partition coefficient (Wildman–Crippen LogP) is 9.80. The molecule has 2 heteroatoms. The van der Waals surface area contributed by atoms with Gasteiger partial charge in [-0.3, -0.25) is 0 Å². The van der Waals surface area contributed by atoms with Gasteiger partial charge in [-0.25, -0.2) is 0 Å². The standard InChI is InChI=1S/2C9H18O.2C3H8.2C2H6/c1-8(2)9(3)4-6-10-7-5-9;1-8(2)9(3)5-4-6-10-7-9;2*1-3-2;2*1-2/h2*8H,4-7H2,1-3H3;2*3H2,1-2H3;2*1-2H3. The van der Waals surface area contributed by atoms with E-state index in [4.69, 9.17) is 9.47 Å². The molecule has 0 saturated carbocycles. The fourth-order valence-electron chi connectivity index (χ4n) is 2.83. The second-order valence-corrected chi connectivity index (χ2v) is 9.30. The molecular weight excluding hydrogens is 368 g/mol. The van der Waals surface area contributed by atoms with Crippen LogP contribution in [0.2, 0.25) is 0 Å². The van der Waals surface area contributed by atoms with E-state index in [2.05, 4.69) is 69.2 Å². The Kier molecular flexibility index (Phi) is 31.3. The predicted molar refractivity (Wildman–Crippen MR) is 141 cm³/mol. The monoisotopic (exact) mass is 432 g/mol. The molecule has 0 aromatic carbocycles. The first-order valence-corrected chi connectivity index (χ1v) is 13.3. The summed E-state index contributed by atoms with van der Waals surface area (Å²) in [5.41, 5.74) is 1.01. The van der Waals surface area contributed by atoms with Crippen molar-refractivity contribution in [2.75, 3.05) is 26.4 Å². The Morgan fingerprint density at radius 2 is 0.967 bits per heavy atom. The molecule has 2 aliphatic rings. The van der Waals surface area contributed by atoms with Crippen molar-refractivity contribution >= 4 is 0 Å². The van der Waals surface area contributed by atoms with Crippen molar-refractivity contribution in [3.63, 3.8) is 0 Å². The molecule has 0 aromatic heterocycles. The maximum absolute atomic E-state index is 5.45. The molecule has 0 radical (unpaired) electrons. The van der Waals surface area contributed by atoms with Crippen molar-refractivity contribution in [2.45, 2.75) is 135 Å². The van der Waals surface area contributed by atoms with E-state index in [0.717, 1.165) is 38.3 Å². The highest BCUT2D eigenvalue weighted by Gasteiger charge is 2.31. The molecule has 1 atom stereocenters. The van der Waals surface area contributed by atoms with Crippen molar-refractivity contribution in [3.05, 3.63) is 0 Å². The maximum atomic E-state index is 5.45. The van der Waals surface area contributed by atoms with Gasteiger partial charge in [0.15, 0.2) is 0 Å². The van der Waals surface area contributed by atoms with E-state index < -0.39 is 0 Å². The largest absolute Gasteiger partial charge is 0.381 e. The molecule has 1 unspecified atom stereocenters. The third-order valence-corrected chi connectivity index (χ3v) is 5.89. The van der Waals surface area contributed by atoms with Gasteiger partial charge in [-0.2, -0.15) is 0 Å². The summed E-state index contributed by atoms with van der Waals surface area (Å²) in [4.78, 5) is 0. The highest BCUT2D eigenvalue weighted by molar-refractivity contribution is 4.80. The smallest absolute Gasteiger partial charge is 0.0522 e. The number of ether oxygens (including phenoxy) is 2. The molecule has 2 nitrogen and oxygen atoms in total. The van der Waals surface area contributed by atoms with E-state index in [-0.39, 0.29) is 0 Å². The molecule has 2 fully saturated rings. The Morgan fingerprint density at radius 3 is 1.17 bits per heavy atom. The Hall–Kier alpha value is -0.0800. The molecule has 2 heterocycles. The Labute approximate surface area is 194 Å². The zero-order chi connectivity index (χ0) is 24.6. The average Bonchev–Trinajstić information content (AvgIpc) is 2.74. The lowest BCUT2D eigenvalue weighted by Gasteiger charge is -2.37. The topological polar surface area (TPSA) is 18.5 Å². The highest BCUT2D eigenvalue weighted by Crippen LogP contribution is 2.37. The molecule has 0 spiro atoms. The summed E-state index contributed by atoms with van der Waals surface area (Å²) >= 11 is 0. The first-order chi connectivity index (χ1) is 14.1. The highest BCUT2D eigenvalue weighted by atomic mass is 16.5. The zero-order valence-electron chi connectivity index (χ0n) is 24.0. The van der Waals surface area contributed by atoms with E-state index >= 15 is 0 Å². The fourth-order valence-corrected chi connectivity index (χ4v) is 2.83. The van der Waals surface area contributed by atoms with Gasteiger partial charge in [-0.05, 0) is 48.3 Å². The third kappa shape index (κ3) is 19.9. The summed E-state index contributed by atoms with van der Waals surface area (Å²) in [6.07, 6.45) is 7.56. The first-order valence-electron chi connectivity index (χ1n) is 13.3. The van der Waals surface area contributed by atoms with Crippen LogP contribution in [0.3, 0.4) is 0 Å². The molecule has 0 aromatic rings. The number of rotatable bonds is 2. The minimum Gasteiger partial charge on any atom is -0.381 e. The van der Waals surface area contributed by atoms with Gasteiger partial charge < -0.3 is 9.47 Å². The Bertz CT molecular complexity index is 255. The summed E-state index contributed by atoms with van der Waals surface area (Å²) < 4.78 is 10.8. The van der Waals surface area contributed by atoms with Gasteiger partial charge in [0.25, 0.3) is 0 Å². The van der Waals surface area contributed by atoms with Crippen molar-refractivity contribution in [2.24, 2.45) is 22.7 Å². The van der Waals surface area contributed by atoms with Gasteiger partial charge in [0.05, 0.1) is 6.61 Å². The second-order valence-electron chi connectivity index (χ2n) is 9.30. The van der Waals surface area contributed by atoms with Crippen LogP contribution in [-0.2, 0) is 9.47 Å². The van der Waals surface area contributed by atoms with Crippen LogP contribution in [0.25, 0.3) is 0 Å². The fraction of sp³-hybridized carbons (Fsp3) is 1.00. The van der Waals surface area contributed by atoms with Crippen LogP contribution in [0.1, 0.15) is 135 Å². The number of hydrogen-bond donors (Lipinski definition) is 0. The summed E-state index contributed by atoms with van der Waals surface area (Å²) in [7, 11) is 0. The zero-order valence-corrected chi connectivity index (χ0v) is 24.0. The number of hydrogen-bond acceptors (Lipinski definition) is 2. The average molecular weight is 433 g/mol. The van der Waals surface area contributed by atoms with E-state index in [9.17, 15) is 0 Å². The van der Waals surface area contributed by atoms with Crippen LogP contribution < -0.4 is 0 Å². The minimum absolute atomic E-state index is 0.457. The lowest BCUT2D eigenvalue weighted by atomic mass is 9.73. The van der Waals surface area contributed by atoms with Gasteiger partial charge in [0, 0.05) is 19.8 Å². The second kappa shape index (κ2) is 25.2. The quantitative estimate of drug-likeness (QED) is 0.432. The molecule has 2 aliphatic heterocycles. The van der Waals surface area contributed by atoms with E-state index in [0.29, 0.717) is 10.8 Å². The molecule has 0 bridgehead atoms. The lowest BCUT2D eigenvalue weighted by Crippen LogP contribution is -2.33. The van der Waals surface area contributed by atoms with Gasteiger partial charge >= 0.3 is 0 Å². The summed E-state index contributed by atoms with van der Waals surface area (Å²) in [6, 6.07) is 0. The van der Waals surface area contributed by atoms with E-state index in [1.807, 2.05) is 27.7 Å². The van der Waals surface area contributed by atoms with Crippen LogP contribution in [-0.4, -0.2) is 26.4 Å². The van der Waals surface area contributed by atoms with Gasteiger partial charge in [0.1, 0.15) is 0 Å². The lowest BCUT2D eigenvalue weighted by molar-refractivity contribution is -0.0226. The van der Waals surface area contributed by atoms with Crippen molar-refractivity contribution in [1.29, 1.82) is 0 Å². The molecule has 0 amide bonds. The van der Waals surface area contributed by atoms with Crippen LogP contribution in [0.15, 0.2) is 0 Å². The summed E-state index contributed by atoms with van der Waals surface area (Å²) in [5.74, 6) is 1.56. The summed E-state index contributed by atoms with van der Waals surface area (Å²) in [6.45, 7) is 34.3. The van der Waals surface area contributed by atoms with E-state index in [1.165, 1.54) is 38.5 Å². The molecule has 2 rings (SSSR count). The molecule has 0 aliphatic carbocycles. The van der Waals surface area contributed by atoms with Crippen LogP contribution in [0, 0.1) is 22.7 Å². The Balaban J connectivity index is -0.000000159. The maximum Gasteiger partial charge on any atom is 0.0522 e. The van der Waals surface area contributed by atoms with Crippen LogP contribution in [0.4, 0.5) is 0 Å². The van der Waals surface area contributed by atoms with Crippen molar-refractivity contribution in [1.82, 2.24) is 0 Å².